The van der Waals surface area contributed by atoms with Crippen LogP contribution in [-0.2, 0) is 0 Å². The van der Waals surface area contributed by atoms with Crippen LogP contribution in [0.3, 0.4) is 0 Å². The number of hydrogen-bond donors (Lipinski definition) is 1. The molecule has 0 aromatic carbocycles. The molecule has 1 heterocycles. The number of piperidine rings is 1. The lowest BCUT2D eigenvalue weighted by molar-refractivity contribution is 0.222. The molecule has 0 saturated carbocycles. The van der Waals surface area contributed by atoms with Gasteiger partial charge in [-0.3, -0.25) is 0 Å². The Hall–Kier alpha value is 0.270. The van der Waals surface area contributed by atoms with E-state index in [1.807, 2.05) is 11.8 Å². The van der Waals surface area contributed by atoms with Gasteiger partial charge in [0.2, 0.25) is 0 Å². The fourth-order valence-electron chi connectivity index (χ4n) is 2.58. The molecule has 1 aliphatic rings. The topological polar surface area (TPSA) is 15.3 Å². The second-order valence-electron chi connectivity index (χ2n) is 5.15. The Labute approximate surface area is 112 Å². The zero-order chi connectivity index (χ0) is 12.3. The molecular weight excluding hydrogens is 228 g/mol. The van der Waals surface area contributed by atoms with Crippen LogP contribution in [0.5, 0.6) is 0 Å². The van der Waals surface area contributed by atoms with E-state index in [0.29, 0.717) is 0 Å². The van der Waals surface area contributed by atoms with Gasteiger partial charge in [0.25, 0.3) is 0 Å². The largest absolute Gasteiger partial charge is 0.313 e. The average Bonchev–Trinajstić information content (AvgIpc) is 2.36. The molecule has 2 nitrogen and oxygen atoms in total. The van der Waals surface area contributed by atoms with Crippen molar-refractivity contribution in [1.29, 1.82) is 0 Å². The summed E-state index contributed by atoms with van der Waals surface area (Å²) in [5, 5.41) is 3.66. The highest BCUT2D eigenvalue weighted by atomic mass is 32.2. The third kappa shape index (κ3) is 7.32. The maximum atomic E-state index is 3.66. The minimum absolute atomic E-state index is 0.760. The van der Waals surface area contributed by atoms with Crippen LogP contribution in [0.2, 0.25) is 0 Å². The molecule has 1 aliphatic heterocycles. The summed E-state index contributed by atoms with van der Waals surface area (Å²) < 4.78 is 0. The Morgan fingerprint density at radius 1 is 1.24 bits per heavy atom. The van der Waals surface area contributed by atoms with Crippen LogP contribution >= 0.6 is 11.8 Å². The maximum absolute atomic E-state index is 3.66. The molecule has 0 bridgehead atoms. The predicted octanol–water partition coefficient (Wildman–Crippen LogP) is 2.98. The molecule has 102 valence electrons. The van der Waals surface area contributed by atoms with E-state index in [-0.39, 0.29) is 0 Å². The maximum Gasteiger partial charge on any atom is 0.0195 e. The number of rotatable bonds is 9. The molecule has 0 aromatic heterocycles. The molecule has 0 radical (unpaired) electrons. The fraction of sp³-hybridized carbons (Fsp3) is 1.00. The number of unbranched alkanes of at least 4 members (excludes halogenated alkanes) is 1. The average molecular weight is 258 g/mol. The molecule has 1 N–H and O–H groups in total. The van der Waals surface area contributed by atoms with Gasteiger partial charge in [-0.25, -0.2) is 0 Å². The molecule has 0 spiro atoms. The number of nitrogens with one attached hydrogen (secondary N) is 1. The Morgan fingerprint density at radius 2 is 2.12 bits per heavy atom. The monoisotopic (exact) mass is 258 g/mol. The summed E-state index contributed by atoms with van der Waals surface area (Å²) in [6.07, 6.45) is 10.4. The first-order valence-corrected chi connectivity index (χ1v) is 8.71. The molecular formula is C14H30N2S. The van der Waals surface area contributed by atoms with Crippen LogP contribution in [-0.4, -0.2) is 49.1 Å². The normalized spacial score (nSPS) is 21.0. The molecule has 1 atom stereocenters. The lowest BCUT2D eigenvalue weighted by atomic mass is 10.0. The molecule has 0 aromatic rings. The highest BCUT2D eigenvalue weighted by Crippen LogP contribution is 2.10. The van der Waals surface area contributed by atoms with Gasteiger partial charge in [0, 0.05) is 12.6 Å². The molecule has 0 amide bonds. The summed E-state index contributed by atoms with van der Waals surface area (Å²) in [6, 6.07) is 0.760. The first-order valence-electron chi connectivity index (χ1n) is 7.31. The van der Waals surface area contributed by atoms with Gasteiger partial charge in [0.1, 0.15) is 0 Å². The Morgan fingerprint density at radius 3 is 2.76 bits per heavy atom. The quantitative estimate of drug-likeness (QED) is 0.640. The highest BCUT2D eigenvalue weighted by Gasteiger charge is 2.15. The minimum atomic E-state index is 0.760. The van der Waals surface area contributed by atoms with E-state index in [1.165, 1.54) is 70.5 Å². The van der Waals surface area contributed by atoms with Gasteiger partial charge in [0.15, 0.2) is 0 Å². The molecule has 17 heavy (non-hydrogen) atoms. The Balaban J connectivity index is 2.16. The van der Waals surface area contributed by atoms with E-state index in [1.54, 1.807) is 0 Å². The van der Waals surface area contributed by atoms with E-state index >= 15 is 0 Å². The lowest BCUT2D eigenvalue weighted by Crippen LogP contribution is -2.44. The van der Waals surface area contributed by atoms with Crippen LogP contribution in [0.1, 0.15) is 45.4 Å². The first kappa shape index (κ1) is 15.3. The second kappa shape index (κ2) is 10.2. The third-order valence-electron chi connectivity index (χ3n) is 3.50. The zero-order valence-electron chi connectivity index (χ0n) is 11.7. The van der Waals surface area contributed by atoms with E-state index in [0.717, 1.165) is 6.04 Å². The van der Waals surface area contributed by atoms with Crippen molar-refractivity contribution >= 4 is 11.8 Å². The summed E-state index contributed by atoms with van der Waals surface area (Å²) >= 11 is 1.97. The van der Waals surface area contributed by atoms with Crippen molar-refractivity contribution in [2.24, 2.45) is 0 Å². The molecule has 1 saturated heterocycles. The molecule has 0 aliphatic carbocycles. The van der Waals surface area contributed by atoms with Gasteiger partial charge in [-0.1, -0.05) is 13.3 Å². The van der Waals surface area contributed by atoms with Gasteiger partial charge in [0.05, 0.1) is 0 Å². The second-order valence-corrected chi connectivity index (χ2v) is 6.13. The van der Waals surface area contributed by atoms with Crippen LogP contribution in [0, 0.1) is 0 Å². The van der Waals surface area contributed by atoms with Crippen molar-refractivity contribution < 1.29 is 0 Å². The molecule has 1 rings (SSSR count). The summed E-state index contributed by atoms with van der Waals surface area (Å²) in [5.74, 6) is 1.32. The Kier molecular flexibility index (Phi) is 9.21. The molecule has 3 heteroatoms. The number of hydrogen-bond acceptors (Lipinski definition) is 3. The van der Waals surface area contributed by atoms with Gasteiger partial charge >= 0.3 is 0 Å². The summed E-state index contributed by atoms with van der Waals surface area (Å²) in [5.41, 5.74) is 0. The van der Waals surface area contributed by atoms with Crippen LogP contribution in [0.4, 0.5) is 0 Å². The number of thioether (sulfide) groups is 1. The fourth-order valence-corrected chi connectivity index (χ4v) is 3.08. The Bertz CT molecular complexity index is 170. The van der Waals surface area contributed by atoms with Crippen molar-refractivity contribution in [2.45, 2.75) is 51.5 Å². The van der Waals surface area contributed by atoms with Crippen molar-refractivity contribution in [3.8, 4) is 0 Å². The lowest BCUT2D eigenvalue weighted by Gasteiger charge is -2.30. The van der Waals surface area contributed by atoms with Gasteiger partial charge in [-0.05, 0) is 63.7 Å². The SMILES string of the molecule is CCCN(CCCCSC)CC1CCCCN1. The third-order valence-corrected chi connectivity index (χ3v) is 4.20. The zero-order valence-corrected chi connectivity index (χ0v) is 12.5. The highest BCUT2D eigenvalue weighted by molar-refractivity contribution is 7.98. The summed E-state index contributed by atoms with van der Waals surface area (Å²) in [4.78, 5) is 2.67. The van der Waals surface area contributed by atoms with Crippen molar-refractivity contribution in [3.05, 3.63) is 0 Å². The standard InChI is InChI=1S/C14H30N2S/c1-3-10-16(11-6-7-12-17-2)13-14-8-4-5-9-15-14/h14-15H,3-13H2,1-2H3. The molecule has 1 fully saturated rings. The number of nitrogens with zero attached hydrogens (tertiary/aromatic N) is 1. The van der Waals surface area contributed by atoms with E-state index in [9.17, 15) is 0 Å². The van der Waals surface area contributed by atoms with Crippen molar-refractivity contribution in [1.82, 2.24) is 10.2 Å². The summed E-state index contributed by atoms with van der Waals surface area (Å²) in [6.45, 7) is 7.37. The minimum Gasteiger partial charge on any atom is -0.313 e. The van der Waals surface area contributed by atoms with Gasteiger partial charge in [-0.15, -0.1) is 0 Å². The van der Waals surface area contributed by atoms with E-state index in [4.69, 9.17) is 0 Å². The van der Waals surface area contributed by atoms with Crippen molar-refractivity contribution in [3.63, 3.8) is 0 Å². The summed E-state index contributed by atoms with van der Waals surface area (Å²) in [7, 11) is 0. The van der Waals surface area contributed by atoms with Gasteiger partial charge in [-0.2, -0.15) is 11.8 Å². The van der Waals surface area contributed by atoms with E-state index in [2.05, 4.69) is 23.4 Å². The van der Waals surface area contributed by atoms with Crippen LogP contribution in [0.25, 0.3) is 0 Å². The van der Waals surface area contributed by atoms with Gasteiger partial charge < -0.3 is 10.2 Å². The predicted molar refractivity (Wildman–Crippen MR) is 80.0 cm³/mol. The first-order chi connectivity index (χ1) is 8.36. The van der Waals surface area contributed by atoms with E-state index < -0.39 is 0 Å². The smallest absolute Gasteiger partial charge is 0.0195 e. The van der Waals surface area contributed by atoms with Crippen molar-refractivity contribution in [2.75, 3.05) is 38.2 Å². The van der Waals surface area contributed by atoms with Crippen LogP contribution in [0.15, 0.2) is 0 Å². The van der Waals surface area contributed by atoms with Crippen LogP contribution < -0.4 is 5.32 Å². The molecule has 1 unspecified atom stereocenters.